The number of anilines is 1. The first-order valence-corrected chi connectivity index (χ1v) is 7.54. The molecule has 4 heteroatoms. The average molecular weight is 282 g/mol. The number of piperidine rings is 1. The molecule has 1 aromatic rings. The van der Waals surface area contributed by atoms with E-state index in [0.717, 1.165) is 23.7 Å². The predicted molar refractivity (Wildman–Crippen MR) is 82.0 cm³/mol. The van der Waals surface area contributed by atoms with Crippen LogP contribution in [-0.2, 0) is 5.88 Å². The third-order valence-electron chi connectivity index (χ3n) is 4.02. The zero-order valence-corrected chi connectivity index (χ0v) is 13.0. The van der Waals surface area contributed by atoms with E-state index in [0.29, 0.717) is 5.88 Å². The van der Waals surface area contributed by atoms with Gasteiger partial charge in [0.05, 0.1) is 5.88 Å². The highest BCUT2D eigenvalue weighted by molar-refractivity contribution is 6.17. The first-order chi connectivity index (χ1) is 9.10. The minimum atomic E-state index is 0.528. The Bertz CT molecular complexity index is 414. The van der Waals surface area contributed by atoms with Gasteiger partial charge in [-0.1, -0.05) is 0 Å². The van der Waals surface area contributed by atoms with Gasteiger partial charge in [-0.05, 0) is 51.9 Å². The molecule has 19 heavy (non-hydrogen) atoms. The second kappa shape index (κ2) is 6.58. The number of alkyl halides is 1. The van der Waals surface area contributed by atoms with Gasteiger partial charge in [-0.15, -0.1) is 11.6 Å². The Labute approximate surface area is 121 Å². The molecule has 0 saturated carbocycles. The normalized spacial score (nSPS) is 17.7. The Kier molecular flexibility index (Phi) is 5.06. The molecule has 0 aliphatic carbocycles. The number of likely N-dealkylation sites (tertiary alicyclic amines) is 1. The molecule has 0 unspecified atom stereocenters. The maximum atomic E-state index is 6.02. The van der Waals surface area contributed by atoms with Gasteiger partial charge < -0.3 is 9.80 Å². The lowest BCUT2D eigenvalue weighted by atomic mass is 9.96. The highest BCUT2D eigenvalue weighted by Gasteiger charge is 2.19. The predicted octanol–water partition coefficient (Wildman–Crippen LogP) is 2.91. The number of nitrogens with zero attached hydrogens (tertiary/aromatic N) is 3. The molecule has 106 valence electrons. The number of hydrogen-bond donors (Lipinski definition) is 0. The molecular weight excluding hydrogens is 258 g/mol. The SMILES string of the molecule is Cc1cc(N(C)CC2CCN(C)CC2)c(CCl)cn1. The molecule has 0 aromatic carbocycles. The summed E-state index contributed by atoms with van der Waals surface area (Å²) in [6.07, 6.45) is 4.49. The van der Waals surface area contributed by atoms with Crippen LogP contribution in [0.2, 0.25) is 0 Å². The lowest BCUT2D eigenvalue weighted by Gasteiger charge is -2.33. The fraction of sp³-hybridized carbons (Fsp3) is 0.667. The summed E-state index contributed by atoms with van der Waals surface area (Å²) in [6, 6.07) is 2.15. The summed E-state index contributed by atoms with van der Waals surface area (Å²) in [7, 11) is 4.38. The molecule has 2 rings (SSSR count). The Balaban J connectivity index is 2.03. The third-order valence-corrected chi connectivity index (χ3v) is 4.31. The summed E-state index contributed by atoms with van der Waals surface area (Å²) in [5.41, 5.74) is 3.42. The van der Waals surface area contributed by atoms with Crippen LogP contribution in [0.3, 0.4) is 0 Å². The molecule has 1 aromatic heterocycles. The van der Waals surface area contributed by atoms with E-state index in [2.05, 4.69) is 34.9 Å². The molecule has 1 saturated heterocycles. The number of pyridine rings is 1. The first kappa shape index (κ1) is 14.6. The Hall–Kier alpha value is -0.800. The van der Waals surface area contributed by atoms with E-state index in [9.17, 15) is 0 Å². The van der Waals surface area contributed by atoms with Gasteiger partial charge in [0.15, 0.2) is 0 Å². The molecule has 0 atom stereocenters. The zero-order chi connectivity index (χ0) is 13.8. The van der Waals surface area contributed by atoms with E-state index < -0.39 is 0 Å². The Morgan fingerprint density at radius 2 is 2.11 bits per heavy atom. The van der Waals surface area contributed by atoms with Gasteiger partial charge >= 0.3 is 0 Å². The molecule has 2 heterocycles. The van der Waals surface area contributed by atoms with Crippen molar-refractivity contribution in [2.24, 2.45) is 5.92 Å². The van der Waals surface area contributed by atoms with E-state index in [1.165, 1.54) is 31.6 Å². The van der Waals surface area contributed by atoms with E-state index in [4.69, 9.17) is 11.6 Å². The zero-order valence-electron chi connectivity index (χ0n) is 12.2. The summed E-state index contributed by atoms with van der Waals surface area (Å²) in [5, 5.41) is 0. The van der Waals surface area contributed by atoms with Gasteiger partial charge in [0.25, 0.3) is 0 Å². The van der Waals surface area contributed by atoms with Crippen LogP contribution in [0.15, 0.2) is 12.3 Å². The van der Waals surface area contributed by atoms with E-state index in [1.807, 2.05) is 13.1 Å². The maximum absolute atomic E-state index is 6.02. The number of halogens is 1. The van der Waals surface area contributed by atoms with Crippen LogP contribution in [0, 0.1) is 12.8 Å². The van der Waals surface area contributed by atoms with Gasteiger partial charge in [-0.25, -0.2) is 0 Å². The lowest BCUT2D eigenvalue weighted by molar-refractivity contribution is 0.222. The largest absolute Gasteiger partial charge is 0.374 e. The average Bonchev–Trinajstić information content (AvgIpc) is 2.41. The summed E-state index contributed by atoms with van der Waals surface area (Å²) < 4.78 is 0. The molecule has 1 aliphatic rings. The number of rotatable bonds is 4. The van der Waals surface area contributed by atoms with E-state index in [1.54, 1.807) is 0 Å². The fourth-order valence-electron chi connectivity index (χ4n) is 2.76. The van der Waals surface area contributed by atoms with E-state index in [-0.39, 0.29) is 0 Å². The van der Waals surface area contributed by atoms with Crippen LogP contribution >= 0.6 is 11.6 Å². The van der Waals surface area contributed by atoms with Crippen molar-refractivity contribution in [3.05, 3.63) is 23.5 Å². The fourth-order valence-corrected chi connectivity index (χ4v) is 2.97. The van der Waals surface area contributed by atoms with Crippen LogP contribution in [-0.4, -0.2) is 43.6 Å². The summed E-state index contributed by atoms with van der Waals surface area (Å²) in [4.78, 5) is 9.10. The van der Waals surface area contributed by atoms with Crippen molar-refractivity contribution in [1.82, 2.24) is 9.88 Å². The van der Waals surface area contributed by atoms with Crippen molar-refractivity contribution in [3.8, 4) is 0 Å². The van der Waals surface area contributed by atoms with Crippen molar-refractivity contribution >= 4 is 17.3 Å². The van der Waals surface area contributed by atoms with Gasteiger partial charge in [-0.3, -0.25) is 4.98 Å². The molecular formula is C15H24ClN3. The highest BCUT2D eigenvalue weighted by atomic mass is 35.5. The molecule has 0 spiro atoms. The quantitative estimate of drug-likeness (QED) is 0.791. The number of aromatic nitrogens is 1. The molecule has 0 bridgehead atoms. The van der Waals surface area contributed by atoms with Crippen LogP contribution in [0.4, 0.5) is 5.69 Å². The van der Waals surface area contributed by atoms with Gasteiger partial charge in [0, 0.05) is 36.7 Å². The van der Waals surface area contributed by atoms with Crippen molar-refractivity contribution in [1.29, 1.82) is 0 Å². The minimum Gasteiger partial charge on any atom is -0.374 e. The second-order valence-corrected chi connectivity index (χ2v) is 5.98. The standard InChI is InChI=1S/C15H24ClN3/c1-12-8-15(14(9-16)10-17-12)19(3)11-13-4-6-18(2)7-5-13/h8,10,13H,4-7,9,11H2,1-3H3. The Morgan fingerprint density at radius 1 is 1.42 bits per heavy atom. The van der Waals surface area contributed by atoms with Crippen molar-refractivity contribution in [3.63, 3.8) is 0 Å². The summed E-state index contributed by atoms with van der Waals surface area (Å²) >= 11 is 6.02. The molecule has 0 radical (unpaired) electrons. The monoisotopic (exact) mass is 281 g/mol. The second-order valence-electron chi connectivity index (χ2n) is 5.72. The highest BCUT2D eigenvalue weighted by Crippen LogP contribution is 2.25. The molecule has 3 nitrogen and oxygen atoms in total. The Morgan fingerprint density at radius 3 is 2.74 bits per heavy atom. The van der Waals surface area contributed by atoms with Crippen molar-refractivity contribution < 1.29 is 0 Å². The molecule has 0 amide bonds. The van der Waals surface area contributed by atoms with Crippen LogP contribution in [0.5, 0.6) is 0 Å². The van der Waals surface area contributed by atoms with Crippen molar-refractivity contribution in [2.45, 2.75) is 25.6 Å². The lowest BCUT2D eigenvalue weighted by Crippen LogP contribution is -2.36. The molecule has 1 fully saturated rings. The van der Waals surface area contributed by atoms with Crippen LogP contribution in [0.25, 0.3) is 0 Å². The van der Waals surface area contributed by atoms with Gasteiger partial charge in [0.2, 0.25) is 0 Å². The molecule has 0 N–H and O–H groups in total. The van der Waals surface area contributed by atoms with Gasteiger partial charge in [-0.2, -0.15) is 0 Å². The minimum absolute atomic E-state index is 0.528. The topological polar surface area (TPSA) is 19.4 Å². The number of hydrogen-bond acceptors (Lipinski definition) is 3. The van der Waals surface area contributed by atoms with Crippen molar-refractivity contribution in [2.75, 3.05) is 38.6 Å². The summed E-state index contributed by atoms with van der Waals surface area (Å²) in [6.45, 7) is 5.58. The smallest absolute Gasteiger partial charge is 0.0509 e. The van der Waals surface area contributed by atoms with Crippen LogP contribution in [0.1, 0.15) is 24.1 Å². The van der Waals surface area contributed by atoms with E-state index >= 15 is 0 Å². The third kappa shape index (κ3) is 3.83. The van der Waals surface area contributed by atoms with Gasteiger partial charge in [0.1, 0.15) is 0 Å². The summed E-state index contributed by atoms with van der Waals surface area (Å²) in [5.74, 6) is 1.32. The van der Waals surface area contributed by atoms with Crippen LogP contribution < -0.4 is 4.90 Å². The maximum Gasteiger partial charge on any atom is 0.0509 e. The first-order valence-electron chi connectivity index (χ1n) is 7.01. The molecule has 1 aliphatic heterocycles. The number of aryl methyl sites for hydroxylation is 1.